The van der Waals surface area contributed by atoms with Crippen molar-refractivity contribution in [2.45, 2.75) is 0 Å². The molecule has 5 heteroatoms. The quantitative estimate of drug-likeness (QED) is 0.642. The van der Waals surface area contributed by atoms with Gasteiger partial charge >= 0.3 is 0 Å². The number of hydrogen-bond donors (Lipinski definition) is 0. The summed E-state index contributed by atoms with van der Waals surface area (Å²) in [6.07, 6.45) is 3.38. The molecule has 20 heavy (non-hydrogen) atoms. The van der Waals surface area contributed by atoms with E-state index in [9.17, 15) is 0 Å². The molecule has 0 unspecified atom stereocenters. The Morgan fingerprint density at radius 2 is 1.95 bits per heavy atom. The van der Waals surface area contributed by atoms with Crippen LogP contribution >= 0.6 is 15.9 Å². The molecule has 0 spiro atoms. The number of nitrogens with zero attached hydrogens (tertiary/aromatic N) is 2. The van der Waals surface area contributed by atoms with Gasteiger partial charge in [0.05, 0.1) is 11.6 Å². The lowest BCUT2D eigenvalue weighted by Crippen LogP contribution is -1.84. The molecule has 0 atom stereocenters. The van der Waals surface area contributed by atoms with Crippen molar-refractivity contribution in [3.63, 3.8) is 0 Å². The summed E-state index contributed by atoms with van der Waals surface area (Å²) in [5.74, 6) is 6.88. The van der Waals surface area contributed by atoms with Gasteiger partial charge in [0.15, 0.2) is 11.1 Å². The molecule has 3 aromatic rings. The lowest BCUT2D eigenvalue weighted by Gasteiger charge is -1.99. The Balaban J connectivity index is 2.06. The van der Waals surface area contributed by atoms with E-state index in [4.69, 9.17) is 9.15 Å². The number of benzene rings is 1. The largest absolute Gasteiger partial charge is 0.494 e. The van der Waals surface area contributed by atoms with E-state index in [2.05, 4.69) is 37.7 Å². The first-order chi connectivity index (χ1) is 9.78. The summed E-state index contributed by atoms with van der Waals surface area (Å²) < 4.78 is 11.7. The van der Waals surface area contributed by atoms with Crippen LogP contribution in [0.2, 0.25) is 0 Å². The molecule has 0 aliphatic carbocycles. The number of rotatable bonds is 1. The van der Waals surface area contributed by atoms with Crippen molar-refractivity contribution in [1.29, 1.82) is 0 Å². The van der Waals surface area contributed by atoms with Gasteiger partial charge in [-0.3, -0.25) is 4.98 Å². The summed E-state index contributed by atoms with van der Waals surface area (Å²) in [4.78, 5) is 8.29. The van der Waals surface area contributed by atoms with Crippen LogP contribution in [0, 0.1) is 11.8 Å². The van der Waals surface area contributed by atoms with E-state index in [1.807, 2.05) is 24.3 Å². The lowest BCUT2D eigenvalue weighted by atomic mass is 10.3. The molecule has 4 nitrogen and oxygen atoms in total. The Morgan fingerprint density at radius 3 is 2.70 bits per heavy atom. The minimum Gasteiger partial charge on any atom is -0.494 e. The van der Waals surface area contributed by atoms with E-state index in [0.717, 1.165) is 10.0 Å². The standard InChI is InChI=1S/C15H9BrN2O2/c1-19-12-4-3-11(16)15-14(12)18-13(20-15)5-2-10-6-8-17-9-7-10/h3-4,6-9H,1H3. The monoisotopic (exact) mass is 328 g/mol. The summed E-state index contributed by atoms with van der Waals surface area (Å²) in [5, 5.41) is 0. The van der Waals surface area contributed by atoms with Crippen LogP contribution in [-0.4, -0.2) is 17.1 Å². The number of methoxy groups -OCH3 is 1. The molecule has 2 aromatic heterocycles. The number of halogens is 1. The van der Waals surface area contributed by atoms with Gasteiger partial charge in [0, 0.05) is 18.0 Å². The molecule has 0 saturated heterocycles. The second-order valence-corrected chi connectivity index (χ2v) is 4.79. The van der Waals surface area contributed by atoms with Gasteiger partial charge in [-0.25, -0.2) is 0 Å². The Bertz CT molecular complexity index is 816. The van der Waals surface area contributed by atoms with Crippen LogP contribution in [0.25, 0.3) is 11.1 Å². The maximum absolute atomic E-state index is 5.64. The Morgan fingerprint density at radius 1 is 1.15 bits per heavy atom. The number of hydrogen-bond acceptors (Lipinski definition) is 4. The van der Waals surface area contributed by atoms with Crippen LogP contribution in [0.1, 0.15) is 11.5 Å². The fourth-order valence-corrected chi connectivity index (χ4v) is 2.13. The molecule has 0 N–H and O–H groups in total. The highest BCUT2D eigenvalue weighted by molar-refractivity contribution is 9.10. The molecule has 0 aliphatic heterocycles. The fourth-order valence-electron chi connectivity index (χ4n) is 1.73. The van der Waals surface area contributed by atoms with E-state index < -0.39 is 0 Å². The van der Waals surface area contributed by atoms with E-state index in [1.54, 1.807) is 19.5 Å². The van der Waals surface area contributed by atoms with Crippen molar-refractivity contribution in [2.75, 3.05) is 7.11 Å². The highest BCUT2D eigenvalue weighted by atomic mass is 79.9. The fraction of sp³-hybridized carbons (Fsp3) is 0.0667. The first-order valence-electron chi connectivity index (χ1n) is 5.83. The molecular weight excluding hydrogens is 320 g/mol. The summed E-state index contributed by atoms with van der Waals surface area (Å²) >= 11 is 3.42. The third-order valence-corrected chi connectivity index (χ3v) is 3.30. The molecule has 0 bridgehead atoms. The SMILES string of the molecule is COc1ccc(Br)c2oc(C#Cc3ccncc3)nc12. The molecule has 1 aromatic carbocycles. The molecule has 98 valence electrons. The summed E-state index contributed by atoms with van der Waals surface area (Å²) in [7, 11) is 1.60. The van der Waals surface area contributed by atoms with Gasteiger partial charge in [0.1, 0.15) is 5.75 Å². The molecular formula is C15H9BrN2O2. The number of oxazole rings is 1. The number of fused-ring (bicyclic) bond motifs is 1. The molecule has 0 aliphatic rings. The summed E-state index contributed by atoms with van der Waals surface area (Å²) in [6.45, 7) is 0. The predicted octanol–water partition coefficient (Wildman–Crippen LogP) is 3.39. The Labute approximate surface area is 123 Å². The number of aromatic nitrogens is 2. The van der Waals surface area contributed by atoms with Crippen molar-refractivity contribution in [3.05, 3.63) is 52.6 Å². The third kappa shape index (κ3) is 2.38. The second kappa shape index (κ2) is 5.35. The van der Waals surface area contributed by atoms with Crippen LogP contribution in [0.3, 0.4) is 0 Å². The van der Waals surface area contributed by atoms with E-state index >= 15 is 0 Å². The smallest absolute Gasteiger partial charge is 0.274 e. The molecule has 3 rings (SSSR count). The molecule has 0 radical (unpaired) electrons. The van der Waals surface area contributed by atoms with E-state index in [-0.39, 0.29) is 0 Å². The van der Waals surface area contributed by atoms with Gasteiger partial charge in [0.25, 0.3) is 5.89 Å². The van der Waals surface area contributed by atoms with Crippen LogP contribution < -0.4 is 4.74 Å². The first kappa shape index (κ1) is 12.7. The lowest BCUT2D eigenvalue weighted by molar-refractivity contribution is 0.419. The number of ether oxygens (including phenoxy) is 1. The van der Waals surface area contributed by atoms with Gasteiger partial charge in [-0.1, -0.05) is 5.92 Å². The zero-order chi connectivity index (χ0) is 13.9. The molecule has 0 fully saturated rings. The highest BCUT2D eigenvalue weighted by Gasteiger charge is 2.12. The van der Waals surface area contributed by atoms with Crippen molar-refractivity contribution in [3.8, 4) is 17.6 Å². The average molecular weight is 329 g/mol. The van der Waals surface area contributed by atoms with Gasteiger partial charge in [-0.15, -0.1) is 0 Å². The Kier molecular flexibility index (Phi) is 3.40. The van der Waals surface area contributed by atoms with Crippen molar-refractivity contribution in [1.82, 2.24) is 9.97 Å². The second-order valence-electron chi connectivity index (χ2n) is 3.93. The molecule has 2 heterocycles. The minimum absolute atomic E-state index is 0.349. The third-order valence-electron chi connectivity index (χ3n) is 2.67. The maximum atomic E-state index is 5.64. The summed E-state index contributed by atoms with van der Waals surface area (Å²) in [5.41, 5.74) is 2.14. The van der Waals surface area contributed by atoms with Crippen molar-refractivity contribution < 1.29 is 9.15 Å². The molecule has 0 amide bonds. The zero-order valence-electron chi connectivity index (χ0n) is 10.6. The zero-order valence-corrected chi connectivity index (χ0v) is 12.1. The van der Waals surface area contributed by atoms with Gasteiger partial charge in [-0.2, -0.15) is 4.98 Å². The number of pyridine rings is 1. The van der Waals surface area contributed by atoms with E-state index in [1.165, 1.54) is 0 Å². The normalized spacial score (nSPS) is 10.1. The van der Waals surface area contributed by atoms with E-state index in [0.29, 0.717) is 22.7 Å². The average Bonchev–Trinajstić information content (AvgIpc) is 2.92. The predicted molar refractivity (Wildman–Crippen MR) is 78.5 cm³/mol. The minimum atomic E-state index is 0.349. The van der Waals surface area contributed by atoms with Gasteiger partial charge in [-0.05, 0) is 46.1 Å². The maximum Gasteiger partial charge on any atom is 0.274 e. The van der Waals surface area contributed by atoms with Crippen LogP contribution in [0.4, 0.5) is 0 Å². The highest BCUT2D eigenvalue weighted by Crippen LogP contribution is 2.31. The van der Waals surface area contributed by atoms with Crippen LogP contribution in [0.15, 0.2) is 45.5 Å². The topological polar surface area (TPSA) is 48.2 Å². The Hall–Kier alpha value is -2.32. The van der Waals surface area contributed by atoms with Crippen molar-refractivity contribution in [2.24, 2.45) is 0 Å². The summed E-state index contributed by atoms with van der Waals surface area (Å²) in [6, 6.07) is 7.33. The van der Waals surface area contributed by atoms with Crippen LogP contribution in [0.5, 0.6) is 5.75 Å². The van der Waals surface area contributed by atoms with Gasteiger partial charge < -0.3 is 9.15 Å². The van der Waals surface area contributed by atoms with Crippen LogP contribution in [-0.2, 0) is 0 Å². The molecule has 0 saturated carbocycles. The van der Waals surface area contributed by atoms with Gasteiger partial charge in [0.2, 0.25) is 0 Å². The first-order valence-corrected chi connectivity index (χ1v) is 6.62. The van der Waals surface area contributed by atoms with Crippen molar-refractivity contribution >= 4 is 27.0 Å².